The number of benzene rings is 1. The molecule has 0 saturated heterocycles. The monoisotopic (exact) mass is 295 g/mol. The van der Waals surface area contributed by atoms with Crippen LogP contribution in [0.4, 0.5) is 5.69 Å². The lowest BCUT2D eigenvalue weighted by Crippen LogP contribution is -1.98. The number of aryl methyl sites for hydroxylation is 1. The van der Waals surface area contributed by atoms with Crippen LogP contribution in [0.25, 0.3) is 0 Å². The first-order valence-corrected chi connectivity index (χ1v) is 7.13. The van der Waals surface area contributed by atoms with Crippen molar-refractivity contribution in [3.63, 3.8) is 0 Å². The maximum absolute atomic E-state index is 10.6. The van der Waals surface area contributed by atoms with Gasteiger partial charge in [0.1, 0.15) is 5.75 Å². The van der Waals surface area contributed by atoms with Crippen LogP contribution in [-0.2, 0) is 20.9 Å². The topological polar surface area (TPSA) is 102 Å². The Labute approximate surface area is 109 Å². The standard InChI is InChI=1S/C9H12NO5PS.H2O/c1-7-6-8(4-5-9(7)10(11)12)15-16(17,13-2)14-3;/h4-6H,1-3H3;1H2. The van der Waals surface area contributed by atoms with Crippen molar-refractivity contribution >= 4 is 24.2 Å². The molecule has 0 unspecified atom stereocenters. The molecule has 0 aliphatic heterocycles. The average Bonchev–Trinajstić information content (AvgIpc) is 2.28. The van der Waals surface area contributed by atoms with Crippen LogP contribution in [0.1, 0.15) is 5.56 Å². The summed E-state index contributed by atoms with van der Waals surface area (Å²) in [6.07, 6.45) is 0. The highest BCUT2D eigenvalue weighted by Crippen LogP contribution is 2.48. The first-order chi connectivity index (χ1) is 7.91. The summed E-state index contributed by atoms with van der Waals surface area (Å²) >= 11 is 5.02. The molecular weight excluding hydrogens is 281 g/mol. The molecule has 0 aliphatic rings. The highest BCUT2D eigenvalue weighted by molar-refractivity contribution is 8.07. The van der Waals surface area contributed by atoms with Gasteiger partial charge in [-0.2, -0.15) is 0 Å². The molecule has 0 aromatic heterocycles. The van der Waals surface area contributed by atoms with Gasteiger partial charge in [-0.15, -0.1) is 0 Å². The number of nitrogens with zero attached hydrogens (tertiary/aromatic N) is 1. The third-order valence-corrected chi connectivity index (χ3v) is 4.48. The van der Waals surface area contributed by atoms with Crippen LogP contribution >= 0.6 is 6.72 Å². The fraction of sp³-hybridized carbons (Fsp3) is 0.333. The molecule has 102 valence electrons. The Morgan fingerprint density at radius 3 is 2.28 bits per heavy atom. The lowest BCUT2D eigenvalue weighted by atomic mass is 10.2. The quantitative estimate of drug-likeness (QED) is 0.467. The predicted molar refractivity (Wildman–Crippen MR) is 70.4 cm³/mol. The normalized spacial score (nSPS) is 10.6. The summed E-state index contributed by atoms with van der Waals surface area (Å²) in [6, 6.07) is 4.34. The van der Waals surface area contributed by atoms with Gasteiger partial charge in [-0.3, -0.25) is 10.1 Å². The van der Waals surface area contributed by atoms with Crippen molar-refractivity contribution in [2.75, 3.05) is 14.2 Å². The van der Waals surface area contributed by atoms with Gasteiger partial charge < -0.3 is 19.0 Å². The van der Waals surface area contributed by atoms with E-state index in [1.807, 2.05) is 0 Å². The molecule has 0 radical (unpaired) electrons. The van der Waals surface area contributed by atoms with Crippen molar-refractivity contribution in [1.29, 1.82) is 0 Å². The molecule has 1 aromatic rings. The fourth-order valence-electron chi connectivity index (χ4n) is 1.17. The third-order valence-electron chi connectivity index (χ3n) is 2.03. The van der Waals surface area contributed by atoms with Gasteiger partial charge in [-0.1, -0.05) is 0 Å². The summed E-state index contributed by atoms with van der Waals surface area (Å²) in [5.41, 5.74) is 0.516. The molecule has 7 nitrogen and oxygen atoms in total. The molecule has 18 heavy (non-hydrogen) atoms. The lowest BCUT2D eigenvalue weighted by Gasteiger charge is -2.18. The summed E-state index contributed by atoms with van der Waals surface area (Å²) < 4.78 is 15.3. The molecule has 0 fully saturated rings. The fourth-order valence-corrected chi connectivity index (χ4v) is 2.10. The van der Waals surface area contributed by atoms with Crippen molar-refractivity contribution in [3.8, 4) is 5.75 Å². The molecule has 1 aromatic carbocycles. The van der Waals surface area contributed by atoms with E-state index in [-0.39, 0.29) is 11.2 Å². The van der Waals surface area contributed by atoms with Crippen LogP contribution in [-0.4, -0.2) is 24.6 Å². The van der Waals surface area contributed by atoms with Crippen LogP contribution in [0.3, 0.4) is 0 Å². The second kappa shape index (κ2) is 6.77. The molecule has 0 atom stereocenters. The summed E-state index contributed by atoms with van der Waals surface area (Å²) in [5.74, 6) is 0.389. The SMILES string of the molecule is COP(=S)(OC)Oc1ccc([N+](=O)[O-])c(C)c1.O. The smallest absolute Gasteiger partial charge is 0.380 e. The maximum atomic E-state index is 10.6. The van der Waals surface area contributed by atoms with Crippen molar-refractivity contribution in [2.45, 2.75) is 6.92 Å². The minimum absolute atomic E-state index is 0. The molecule has 1 rings (SSSR count). The largest absolute Gasteiger partial charge is 0.424 e. The zero-order valence-corrected chi connectivity index (χ0v) is 11.8. The van der Waals surface area contributed by atoms with Gasteiger partial charge in [0, 0.05) is 37.7 Å². The zero-order chi connectivity index (χ0) is 13.1. The highest BCUT2D eigenvalue weighted by Gasteiger charge is 2.19. The first kappa shape index (κ1) is 16.9. The van der Waals surface area contributed by atoms with E-state index in [1.54, 1.807) is 6.92 Å². The lowest BCUT2D eigenvalue weighted by molar-refractivity contribution is -0.385. The van der Waals surface area contributed by atoms with E-state index in [1.165, 1.54) is 32.4 Å². The number of hydrogen-bond acceptors (Lipinski definition) is 6. The molecule has 0 amide bonds. The first-order valence-electron chi connectivity index (χ1n) is 4.58. The van der Waals surface area contributed by atoms with Gasteiger partial charge in [-0.05, 0) is 19.1 Å². The van der Waals surface area contributed by atoms with Crippen LogP contribution in [0.5, 0.6) is 5.75 Å². The minimum atomic E-state index is -2.80. The third kappa shape index (κ3) is 4.01. The van der Waals surface area contributed by atoms with Gasteiger partial charge in [0.15, 0.2) is 0 Å². The van der Waals surface area contributed by atoms with Gasteiger partial charge >= 0.3 is 6.72 Å². The zero-order valence-electron chi connectivity index (χ0n) is 10.1. The number of nitro benzene ring substituents is 1. The second-order valence-electron chi connectivity index (χ2n) is 3.11. The molecule has 9 heteroatoms. The molecular formula is C9H14NO6PS. The molecule has 0 aliphatic carbocycles. The Hall–Kier alpha value is -1.05. The molecule has 0 bridgehead atoms. The number of nitro groups is 1. The molecule has 2 N–H and O–H groups in total. The van der Waals surface area contributed by atoms with Crippen LogP contribution in [0.15, 0.2) is 18.2 Å². The Kier molecular flexibility index (Phi) is 6.37. The highest BCUT2D eigenvalue weighted by atomic mass is 32.5. The molecule has 0 saturated carbocycles. The van der Waals surface area contributed by atoms with E-state index in [0.717, 1.165) is 0 Å². The van der Waals surface area contributed by atoms with Gasteiger partial charge in [-0.25, -0.2) is 0 Å². The van der Waals surface area contributed by atoms with Crippen molar-refractivity contribution in [1.82, 2.24) is 0 Å². The summed E-state index contributed by atoms with van der Waals surface area (Å²) in [4.78, 5) is 10.2. The van der Waals surface area contributed by atoms with Gasteiger partial charge in [0.2, 0.25) is 0 Å². The van der Waals surface area contributed by atoms with Crippen LogP contribution in [0, 0.1) is 17.0 Å². The predicted octanol–water partition coefficient (Wildman–Crippen LogP) is 1.97. The molecule has 0 spiro atoms. The van der Waals surface area contributed by atoms with E-state index in [9.17, 15) is 10.1 Å². The van der Waals surface area contributed by atoms with E-state index in [2.05, 4.69) is 0 Å². The van der Waals surface area contributed by atoms with Gasteiger partial charge in [0.05, 0.1) is 4.92 Å². The Morgan fingerprint density at radius 2 is 1.89 bits per heavy atom. The van der Waals surface area contributed by atoms with Crippen molar-refractivity contribution in [2.24, 2.45) is 0 Å². The van der Waals surface area contributed by atoms with Crippen LogP contribution < -0.4 is 4.52 Å². The number of rotatable bonds is 5. The van der Waals surface area contributed by atoms with Crippen molar-refractivity contribution < 1.29 is 24.0 Å². The second-order valence-corrected chi connectivity index (χ2v) is 6.26. The van der Waals surface area contributed by atoms with E-state index >= 15 is 0 Å². The van der Waals surface area contributed by atoms with E-state index < -0.39 is 11.6 Å². The summed E-state index contributed by atoms with van der Waals surface area (Å²) in [7, 11) is 2.78. The average molecular weight is 295 g/mol. The Bertz CT molecular complexity index is 472. The van der Waals surface area contributed by atoms with E-state index in [0.29, 0.717) is 11.3 Å². The molecule has 0 heterocycles. The summed E-state index contributed by atoms with van der Waals surface area (Å²) in [5, 5.41) is 10.6. The van der Waals surface area contributed by atoms with Gasteiger partial charge in [0.25, 0.3) is 5.69 Å². The maximum Gasteiger partial charge on any atom is 0.380 e. The minimum Gasteiger partial charge on any atom is -0.424 e. The van der Waals surface area contributed by atoms with Crippen LogP contribution in [0.2, 0.25) is 0 Å². The number of hydrogen-bond donors (Lipinski definition) is 0. The Morgan fingerprint density at radius 1 is 1.33 bits per heavy atom. The van der Waals surface area contributed by atoms with Crippen molar-refractivity contribution in [3.05, 3.63) is 33.9 Å². The van der Waals surface area contributed by atoms with E-state index in [4.69, 9.17) is 25.4 Å². The Balaban J connectivity index is 0.00000289. The summed E-state index contributed by atoms with van der Waals surface area (Å²) in [6.45, 7) is -1.18.